The molecule has 2 aromatic heterocycles. The molecule has 3 amide bonds. The number of β-lactam (4-membered cyclic amide) rings is 1. The summed E-state index contributed by atoms with van der Waals surface area (Å²) >= 11 is 5.29. The topological polar surface area (TPSA) is 183 Å². The van der Waals surface area contributed by atoms with Crippen molar-refractivity contribution in [3.63, 3.8) is 0 Å². The van der Waals surface area contributed by atoms with Gasteiger partial charge in [-0.15, -0.1) is 22.0 Å². The van der Waals surface area contributed by atoms with Gasteiger partial charge in [-0.05, 0) is 18.1 Å². The fraction of sp³-hybridized carbons (Fsp3) is 0.304. The summed E-state index contributed by atoms with van der Waals surface area (Å²) in [6.07, 6.45) is 1.33. The smallest absolute Gasteiger partial charge is 0.352 e. The van der Waals surface area contributed by atoms with Gasteiger partial charge in [0.2, 0.25) is 11.8 Å². The lowest BCUT2D eigenvalue weighted by Gasteiger charge is -2.49. The van der Waals surface area contributed by atoms with Crippen molar-refractivity contribution >= 4 is 70.3 Å². The number of thioether (sulfide) groups is 3. The average molecular weight is 619 g/mol. The van der Waals surface area contributed by atoms with Crippen LogP contribution in [0.4, 0.5) is 0 Å². The van der Waals surface area contributed by atoms with Gasteiger partial charge in [-0.2, -0.15) is 5.10 Å². The molecule has 3 atom stereocenters. The molecule has 1 unspecified atom stereocenters. The first-order valence-electron chi connectivity index (χ1n) is 11.8. The number of amides is 3. The minimum absolute atomic E-state index is 0.00933. The van der Waals surface area contributed by atoms with E-state index in [4.69, 9.17) is 0 Å². The molecule has 4 N–H and O–H groups in total. The van der Waals surface area contributed by atoms with Crippen molar-refractivity contribution in [2.24, 2.45) is 0 Å². The molecule has 2 aliphatic heterocycles. The minimum atomic E-state index is -1.20. The number of aryl methyl sites for hydroxylation is 1. The third kappa shape index (κ3) is 6.16. The Morgan fingerprint density at radius 1 is 1.23 bits per heavy atom. The van der Waals surface area contributed by atoms with E-state index in [1.165, 1.54) is 46.1 Å². The van der Waals surface area contributed by atoms with Crippen molar-refractivity contribution in [3.8, 4) is 0 Å². The summed E-state index contributed by atoms with van der Waals surface area (Å²) in [5.74, 6) is -1.98. The SMILES string of the molecule is Cc1nnc(SCC2=C(C(=O)O)N3C(=O)C(NC(=O)[C@H](NC(=O)CSc4ncn[nH]4)c4ccccc4)[C@H]3SC2)s1. The van der Waals surface area contributed by atoms with Gasteiger partial charge >= 0.3 is 5.97 Å². The van der Waals surface area contributed by atoms with Crippen LogP contribution in [0.15, 0.2) is 57.4 Å². The molecule has 0 saturated carbocycles. The predicted molar refractivity (Wildman–Crippen MR) is 149 cm³/mol. The van der Waals surface area contributed by atoms with Crippen molar-refractivity contribution in [3.05, 3.63) is 58.5 Å². The van der Waals surface area contributed by atoms with E-state index in [1.807, 2.05) is 6.92 Å². The highest BCUT2D eigenvalue weighted by molar-refractivity contribution is 8.02. The number of aliphatic carboxylic acids is 1. The Labute approximate surface area is 244 Å². The Kier molecular flexibility index (Phi) is 8.72. The number of nitrogens with zero attached hydrogens (tertiary/aromatic N) is 5. The van der Waals surface area contributed by atoms with E-state index in [1.54, 1.807) is 30.3 Å². The van der Waals surface area contributed by atoms with Crippen LogP contribution in [0.25, 0.3) is 0 Å². The van der Waals surface area contributed by atoms with Gasteiger partial charge in [0.25, 0.3) is 5.91 Å². The number of aromatic nitrogens is 5. The average Bonchev–Trinajstić information content (AvgIpc) is 3.63. The third-order valence-corrected chi connectivity index (χ3v) is 10.1. The van der Waals surface area contributed by atoms with Gasteiger partial charge in [0.15, 0.2) is 9.50 Å². The van der Waals surface area contributed by atoms with E-state index in [2.05, 4.69) is 36.0 Å². The number of H-pyrrole nitrogens is 1. The molecule has 17 heteroatoms. The number of carboxylic acid groups (broad SMARTS) is 1. The maximum absolute atomic E-state index is 13.4. The summed E-state index contributed by atoms with van der Waals surface area (Å²) in [6, 6.07) is 6.68. The van der Waals surface area contributed by atoms with Crippen LogP contribution in [0.5, 0.6) is 0 Å². The molecular weight excluding hydrogens is 597 g/mol. The number of benzene rings is 1. The predicted octanol–water partition coefficient (Wildman–Crippen LogP) is 1.45. The van der Waals surface area contributed by atoms with Crippen LogP contribution < -0.4 is 10.6 Å². The van der Waals surface area contributed by atoms with Gasteiger partial charge in [0, 0.05) is 11.5 Å². The molecule has 1 saturated heterocycles. The quantitative estimate of drug-likeness (QED) is 0.179. The van der Waals surface area contributed by atoms with Crippen molar-refractivity contribution < 1.29 is 24.3 Å². The summed E-state index contributed by atoms with van der Waals surface area (Å²) in [5, 5.41) is 30.5. The first-order chi connectivity index (χ1) is 19.3. The molecule has 0 bridgehead atoms. The highest BCUT2D eigenvalue weighted by Crippen LogP contribution is 2.42. The van der Waals surface area contributed by atoms with Crippen LogP contribution in [0, 0.1) is 6.92 Å². The zero-order valence-corrected chi connectivity index (χ0v) is 24.0. The monoisotopic (exact) mass is 618 g/mol. The maximum Gasteiger partial charge on any atom is 0.352 e. The number of fused-ring (bicyclic) bond motifs is 1. The number of hydrogen-bond acceptors (Lipinski definition) is 12. The van der Waals surface area contributed by atoms with E-state index >= 15 is 0 Å². The molecule has 40 heavy (non-hydrogen) atoms. The number of carbonyl (C=O) groups excluding carboxylic acids is 3. The maximum atomic E-state index is 13.4. The van der Waals surface area contributed by atoms with Gasteiger partial charge in [-0.1, -0.05) is 65.2 Å². The van der Waals surface area contributed by atoms with Crippen molar-refractivity contribution in [2.75, 3.05) is 17.3 Å². The normalized spacial score (nSPS) is 19.0. The summed E-state index contributed by atoms with van der Waals surface area (Å²) in [5.41, 5.74) is 1.07. The van der Waals surface area contributed by atoms with Crippen LogP contribution in [0.3, 0.4) is 0 Å². The van der Waals surface area contributed by atoms with Crippen LogP contribution in [0.1, 0.15) is 16.6 Å². The highest BCUT2D eigenvalue weighted by Gasteiger charge is 2.54. The van der Waals surface area contributed by atoms with Gasteiger partial charge in [-0.3, -0.25) is 24.4 Å². The Hall–Kier alpha value is -3.41. The lowest BCUT2D eigenvalue weighted by atomic mass is 10.0. The summed E-state index contributed by atoms with van der Waals surface area (Å²) in [7, 11) is 0. The van der Waals surface area contributed by atoms with Crippen LogP contribution in [0.2, 0.25) is 0 Å². The van der Waals surface area contributed by atoms with Crippen LogP contribution >= 0.6 is 46.6 Å². The highest BCUT2D eigenvalue weighted by atomic mass is 32.2. The van der Waals surface area contributed by atoms with E-state index in [0.29, 0.717) is 27.8 Å². The molecule has 5 rings (SSSR count). The number of nitrogens with one attached hydrogen (secondary N) is 3. The Bertz CT molecular complexity index is 1450. The Morgan fingerprint density at radius 3 is 2.70 bits per heavy atom. The van der Waals surface area contributed by atoms with Crippen LogP contribution in [-0.4, -0.2) is 87.8 Å². The van der Waals surface area contributed by atoms with Gasteiger partial charge in [-0.25, -0.2) is 9.78 Å². The second-order valence-electron chi connectivity index (χ2n) is 8.52. The molecule has 2 aliphatic rings. The van der Waals surface area contributed by atoms with Gasteiger partial charge in [0.1, 0.15) is 34.5 Å². The van der Waals surface area contributed by atoms with Gasteiger partial charge in [0.05, 0.1) is 5.75 Å². The molecule has 208 valence electrons. The first-order valence-corrected chi connectivity index (χ1v) is 15.6. The van der Waals surface area contributed by atoms with Crippen molar-refractivity contribution in [1.29, 1.82) is 0 Å². The molecule has 0 spiro atoms. The minimum Gasteiger partial charge on any atom is -0.477 e. The fourth-order valence-corrected chi connectivity index (χ4v) is 7.95. The largest absolute Gasteiger partial charge is 0.477 e. The second-order valence-corrected chi connectivity index (χ2v) is 13.0. The van der Waals surface area contributed by atoms with Gasteiger partial charge < -0.3 is 15.7 Å². The molecular formula is C23H22N8O5S4. The Morgan fingerprint density at radius 2 is 2.02 bits per heavy atom. The van der Waals surface area contributed by atoms with Crippen molar-refractivity contribution in [2.45, 2.75) is 33.9 Å². The van der Waals surface area contributed by atoms with E-state index in [-0.39, 0.29) is 11.4 Å². The van der Waals surface area contributed by atoms with E-state index < -0.39 is 41.1 Å². The Balaban J connectivity index is 1.26. The first kappa shape index (κ1) is 28.1. The van der Waals surface area contributed by atoms with Crippen molar-refractivity contribution in [1.82, 2.24) is 40.9 Å². The number of aromatic amines is 1. The standard InChI is InChI=1S/C23H22N8O5S4/c1-11-28-30-23(40-11)39-8-13-7-37-20-16(19(34)31(20)17(13)21(35)36)27-18(33)15(12-5-3-2-4-6-12)26-14(32)9-38-22-24-10-25-29-22/h2-6,10,15-16,20H,7-9H2,1H3,(H,26,32)(H,27,33)(H,35,36)(H,24,25,29)/t15-,16?,20-/m1/s1. The number of carboxylic acids is 1. The number of carbonyl (C=O) groups is 4. The third-order valence-electron chi connectivity index (χ3n) is 5.86. The van der Waals surface area contributed by atoms with Crippen LogP contribution in [-0.2, 0) is 19.2 Å². The molecule has 3 aromatic rings. The summed E-state index contributed by atoms with van der Waals surface area (Å²) < 4.78 is 0.718. The molecule has 0 aliphatic carbocycles. The van der Waals surface area contributed by atoms with E-state index in [0.717, 1.165) is 21.1 Å². The lowest BCUT2D eigenvalue weighted by Crippen LogP contribution is -2.71. The molecule has 0 radical (unpaired) electrons. The fourth-order valence-electron chi connectivity index (χ4n) is 4.06. The summed E-state index contributed by atoms with van der Waals surface area (Å²) in [4.78, 5) is 56.6. The molecule has 4 heterocycles. The number of rotatable bonds is 11. The molecule has 1 aromatic carbocycles. The molecule has 1 fully saturated rings. The second kappa shape index (κ2) is 12.4. The zero-order chi connectivity index (χ0) is 28.2. The summed E-state index contributed by atoms with van der Waals surface area (Å²) in [6.45, 7) is 1.84. The number of hydrogen-bond donors (Lipinski definition) is 4. The van der Waals surface area contributed by atoms with E-state index in [9.17, 15) is 24.3 Å². The zero-order valence-electron chi connectivity index (χ0n) is 20.8. The molecule has 13 nitrogen and oxygen atoms in total. The lowest BCUT2D eigenvalue weighted by molar-refractivity contribution is -0.151.